The van der Waals surface area contributed by atoms with E-state index in [1.54, 1.807) is 7.05 Å². The Hall–Kier alpha value is -0.100. The summed E-state index contributed by atoms with van der Waals surface area (Å²) >= 11 is 8.61. The zero-order chi connectivity index (χ0) is 11.4. The second kappa shape index (κ2) is 5.84. The summed E-state index contributed by atoms with van der Waals surface area (Å²) < 4.78 is 0.549. The summed E-state index contributed by atoms with van der Waals surface area (Å²) in [6, 6.07) is 0. The van der Waals surface area contributed by atoms with Gasteiger partial charge in [-0.3, -0.25) is 10.4 Å². The molecule has 0 bridgehead atoms. The van der Waals surface area contributed by atoms with Crippen molar-refractivity contribution in [2.45, 2.75) is 23.7 Å². The fraction of sp³-hybridized carbons (Fsp3) is 0.600. The van der Waals surface area contributed by atoms with Crippen LogP contribution in [0.1, 0.15) is 19.8 Å². The van der Waals surface area contributed by atoms with Gasteiger partial charge in [-0.25, -0.2) is 0 Å². The normalized spacial score (nSPS) is 27.9. The van der Waals surface area contributed by atoms with Crippen molar-refractivity contribution < 1.29 is 0 Å². The van der Waals surface area contributed by atoms with Crippen LogP contribution in [0, 0.1) is 11.3 Å². The summed E-state index contributed by atoms with van der Waals surface area (Å²) in [5.74, 6) is 1.07. The molecule has 1 aliphatic rings. The van der Waals surface area contributed by atoms with E-state index >= 15 is 0 Å². The van der Waals surface area contributed by atoms with Gasteiger partial charge in [-0.1, -0.05) is 34.2 Å². The molecule has 84 valence electrons. The van der Waals surface area contributed by atoms with E-state index < -0.39 is 0 Å². The Balaban J connectivity index is 2.93. The van der Waals surface area contributed by atoms with Crippen LogP contribution in [0.15, 0.2) is 15.6 Å². The van der Waals surface area contributed by atoms with Crippen LogP contribution in [0.25, 0.3) is 0 Å². The van der Waals surface area contributed by atoms with E-state index in [9.17, 15) is 0 Å². The summed E-state index contributed by atoms with van der Waals surface area (Å²) in [7, 11) is 1.74. The SMILES string of the molecule is CN=C(NC=N)C1CC(I)CC(Cl)=C1C. The zero-order valence-corrected chi connectivity index (χ0v) is 11.8. The van der Waals surface area contributed by atoms with Gasteiger partial charge in [-0.2, -0.15) is 0 Å². The van der Waals surface area contributed by atoms with Gasteiger partial charge in [0.25, 0.3) is 0 Å². The number of rotatable bonds is 2. The number of allylic oxidation sites excluding steroid dienone is 1. The van der Waals surface area contributed by atoms with E-state index in [0.29, 0.717) is 3.92 Å². The van der Waals surface area contributed by atoms with Crippen molar-refractivity contribution in [2.24, 2.45) is 10.9 Å². The van der Waals surface area contributed by atoms with Gasteiger partial charge < -0.3 is 5.32 Å². The average Bonchev–Trinajstić information content (AvgIpc) is 2.20. The molecule has 2 N–H and O–H groups in total. The van der Waals surface area contributed by atoms with E-state index in [4.69, 9.17) is 17.0 Å². The Morgan fingerprint density at radius 3 is 2.93 bits per heavy atom. The predicted molar refractivity (Wildman–Crippen MR) is 74.4 cm³/mol. The third-order valence-electron chi connectivity index (χ3n) is 2.63. The summed E-state index contributed by atoms with van der Waals surface area (Å²) in [6.07, 6.45) is 3.16. The molecule has 0 amide bonds. The van der Waals surface area contributed by atoms with E-state index in [1.807, 2.05) is 6.92 Å². The van der Waals surface area contributed by atoms with E-state index in [0.717, 1.165) is 23.7 Å². The molecule has 0 radical (unpaired) electrons. The minimum atomic E-state index is 0.236. The summed E-state index contributed by atoms with van der Waals surface area (Å²) in [5.41, 5.74) is 1.18. The molecule has 0 spiro atoms. The zero-order valence-electron chi connectivity index (χ0n) is 8.85. The Kier molecular flexibility index (Phi) is 5.05. The molecule has 0 saturated carbocycles. The van der Waals surface area contributed by atoms with Crippen molar-refractivity contribution in [3.63, 3.8) is 0 Å². The minimum Gasteiger partial charge on any atom is -0.335 e. The first-order valence-electron chi connectivity index (χ1n) is 4.81. The molecule has 5 heteroatoms. The van der Waals surface area contributed by atoms with Crippen LogP contribution in [0.5, 0.6) is 0 Å². The maximum absolute atomic E-state index is 7.05. The lowest BCUT2D eigenvalue weighted by atomic mass is 9.87. The summed E-state index contributed by atoms with van der Waals surface area (Å²) in [6.45, 7) is 2.05. The minimum absolute atomic E-state index is 0.236. The molecule has 1 rings (SSSR count). The second-order valence-corrected chi connectivity index (χ2v) is 5.79. The largest absolute Gasteiger partial charge is 0.335 e. The maximum atomic E-state index is 7.05. The highest BCUT2D eigenvalue weighted by molar-refractivity contribution is 14.1. The fourth-order valence-electron chi connectivity index (χ4n) is 1.77. The first-order chi connectivity index (χ1) is 7.10. The molecule has 0 fully saturated rings. The number of hydrogen-bond acceptors (Lipinski definition) is 2. The van der Waals surface area contributed by atoms with Gasteiger partial charge in [-0.15, -0.1) is 0 Å². The lowest BCUT2D eigenvalue weighted by Crippen LogP contribution is -2.34. The van der Waals surface area contributed by atoms with Crippen LogP contribution in [-0.2, 0) is 0 Å². The Morgan fingerprint density at radius 1 is 1.73 bits per heavy atom. The smallest absolute Gasteiger partial charge is 0.108 e. The highest BCUT2D eigenvalue weighted by atomic mass is 127. The topological polar surface area (TPSA) is 48.2 Å². The molecule has 1 aliphatic carbocycles. The Labute approximate surface area is 109 Å². The number of halogens is 2. The second-order valence-electron chi connectivity index (χ2n) is 3.58. The molecule has 0 heterocycles. The first kappa shape index (κ1) is 13.0. The van der Waals surface area contributed by atoms with Crippen molar-refractivity contribution in [3.8, 4) is 0 Å². The van der Waals surface area contributed by atoms with Gasteiger partial charge in [0.1, 0.15) is 5.84 Å². The maximum Gasteiger partial charge on any atom is 0.108 e. The van der Waals surface area contributed by atoms with Crippen molar-refractivity contribution in [3.05, 3.63) is 10.6 Å². The van der Waals surface area contributed by atoms with Crippen molar-refractivity contribution in [1.29, 1.82) is 5.41 Å². The number of nitrogens with zero attached hydrogens (tertiary/aromatic N) is 1. The fourth-order valence-corrected chi connectivity index (χ4v) is 3.30. The predicted octanol–water partition coefficient (Wildman–Crippen LogP) is 2.94. The monoisotopic (exact) mass is 339 g/mol. The molecule has 2 unspecified atom stereocenters. The van der Waals surface area contributed by atoms with Crippen molar-refractivity contribution in [2.75, 3.05) is 7.05 Å². The first-order valence-corrected chi connectivity index (χ1v) is 6.43. The number of aliphatic imine (C=N–C) groups is 1. The number of amidine groups is 1. The summed E-state index contributed by atoms with van der Waals surface area (Å²) in [4.78, 5) is 4.18. The van der Waals surface area contributed by atoms with Gasteiger partial charge in [0.15, 0.2) is 0 Å². The Bertz CT molecular complexity index is 312. The van der Waals surface area contributed by atoms with Crippen LogP contribution < -0.4 is 5.32 Å². The van der Waals surface area contributed by atoms with Crippen LogP contribution in [0.4, 0.5) is 0 Å². The highest BCUT2D eigenvalue weighted by Gasteiger charge is 2.27. The molecule has 0 aliphatic heterocycles. The molecular weight excluding hydrogens is 324 g/mol. The number of nitrogens with one attached hydrogen (secondary N) is 2. The van der Waals surface area contributed by atoms with Crippen LogP contribution >= 0.6 is 34.2 Å². The standard InChI is InChI=1S/C10H15ClIN3/c1-6-8(10(14-2)15-5-13)3-7(12)4-9(6)11/h5,7-8H,3-4H2,1-2H3,(H2,13,14,15). The lowest BCUT2D eigenvalue weighted by Gasteiger charge is -2.28. The highest BCUT2D eigenvalue weighted by Crippen LogP contribution is 2.36. The van der Waals surface area contributed by atoms with E-state index in [-0.39, 0.29) is 5.92 Å². The van der Waals surface area contributed by atoms with E-state index in [1.165, 1.54) is 11.9 Å². The average molecular weight is 340 g/mol. The molecule has 0 aromatic heterocycles. The lowest BCUT2D eigenvalue weighted by molar-refractivity contribution is 0.636. The van der Waals surface area contributed by atoms with E-state index in [2.05, 4.69) is 32.9 Å². The van der Waals surface area contributed by atoms with Crippen LogP contribution in [-0.4, -0.2) is 23.1 Å². The van der Waals surface area contributed by atoms with Gasteiger partial charge in [0.05, 0.1) is 6.34 Å². The summed E-state index contributed by atoms with van der Waals surface area (Å²) in [5, 5.41) is 10.9. The molecule has 0 aromatic carbocycles. The Morgan fingerprint density at radius 2 is 2.40 bits per heavy atom. The number of hydrogen-bond donors (Lipinski definition) is 2. The molecule has 3 nitrogen and oxygen atoms in total. The molecule has 2 atom stereocenters. The van der Waals surface area contributed by atoms with Gasteiger partial charge in [0, 0.05) is 21.9 Å². The third kappa shape index (κ3) is 3.17. The van der Waals surface area contributed by atoms with Crippen molar-refractivity contribution >= 4 is 46.4 Å². The third-order valence-corrected chi connectivity index (χ3v) is 4.04. The van der Waals surface area contributed by atoms with Gasteiger partial charge in [-0.05, 0) is 25.3 Å². The molecular formula is C10H15ClIN3. The van der Waals surface area contributed by atoms with Crippen LogP contribution in [0.3, 0.4) is 0 Å². The van der Waals surface area contributed by atoms with Gasteiger partial charge in [0.2, 0.25) is 0 Å². The number of alkyl halides is 1. The molecule has 15 heavy (non-hydrogen) atoms. The van der Waals surface area contributed by atoms with Gasteiger partial charge >= 0.3 is 0 Å². The molecule has 0 aromatic rings. The van der Waals surface area contributed by atoms with Crippen molar-refractivity contribution in [1.82, 2.24) is 5.32 Å². The quantitative estimate of drug-likeness (QED) is 0.345. The van der Waals surface area contributed by atoms with Crippen LogP contribution in [0.2, 0.25) is 0 Å². The molecule has 0 saturated heterocycles.